The van der Waals surface area contributed by atoms with Crippen molar-refractivity contribution in [2.75, 3.05) is 26.7 Å². The SMILES string of the molecule is COc1ccc(CC2(O)CCN(CC(C)C)CC2)cc1Br. The second-order valence-corrected chi connectivity index (χ2v) is 7.42. The molecule has 0 bridgehead atoms. The maximum atomic E-state index is 10.8. The molecule has 1 aromatic rings. The second kappa shape index (κ2) is 7.12. The van der Waals surface area contributed by atoms with E-state index in [0.717, 1.165) is 48.3 Å². The Labute approximate surface area is 136 Å². The zero-order valence-electron chi connectivity index (χ0n) is 13.2. The third-order valence-electron chi connectivity index (χ3n) is 4.16. The van der Waals surface area contributed by atoms with Crippen LogP contribution in [0.1, 0.15) is 32.3 Å². The second-order valence-electron chi connectivity index (χ2n) is 6.56. The highest BCUT2D eigenvalue weighted by atomic mass is 79.9. The van der Waals surface area contributed by atoms with Crippen LogP contribution in [0, 0.1) is 5.92 Å². The molecular formula is C17H26BrNO2. The Morgan fingerprint density at radius 3 is 2.52 bits per heavy atom. The first-order valence-corrected chi connectivity index (χ1v) is 8.48. The summed E-state index contributed by atoms with van der Waals surface area (Å²) in [7, 11) is 1.66. The van der Waals surface area contributed by atoms with E-state index in [1.54, 1.807) is 7.11 Å². The van der Waals surface area contributed by atoms with Gasteiger partial charge in [0, 0.05) is 26.1 Å². The lowest BCUT2D eigenvalue weighted by Gasteiger charge is -2.39. The van der Waals surface area contributed by atoms with E-state index in [-0.39, 0.29) is 0 Å². The van der Waals surface area contributed by atoms with Gasteiger partial charge in [-0.3, -0.25) is 0 Å². The van der Waals surface area contributed by atoms with Crippen molar-refractivity contribution < 1.29 is 9.84 Å². The summed E-state index contributed by atoms with van der Waals surface area (Å²) >= 11 is 3.51. The predicted octanol–water partition coefficient (Wildman–Crippen LogP) is 3.48. The molecule has 21 heavy (non-hydrogen) atoms. The van der Waals surface area contributed by atoms with Crippen molar-refractivity contribution in [2.45, 2.75) is 38.7 Å². The van der Waals surface area contributed by atoms with Crippen LogP contribution in [0.2, 0.25) is 0 Å². The molecule has 1 saturated heterocycles. The molecule has 118 valence electrons. The summed E-state index contributed by atoms with van der Waals surface area (Å²) in [4.78, 5) is 2.46. The van der Waals surface area contributed by atoms with E-state index >= 15 is 0 Å². The van der Waals surface area contributed by atoms with Crippen molar-refractivity contribution in [3.8, 4) is 5.75 Å². The number of likely N-dealkylation sites (tertiary alicyclic amines) is 1. The first kappa shape index (κ1) is 16.8. The molecule has 0 amide bonds. The monoisotopic (exact) mass is 355 g/mol. The smallest absolute Gasteiger partial charge is 0.133 e. The highest BCUT2D eigenvalue weighted by Crippen LogP contribution is 2.30. The predicted molar refractivity (Wildman–Crippen MR) is 89.9 cm³/mol. The number of hydrogen-bond donors (Lipinski definition) is 1. The molecule has 1 heterocycles. The summed E-state index contributed by atoms with van der Waals surface area (Å²) in [6.07, 6.45) is 2.41. The van der Waals surface area contributed by atoms with Crippen molar-refractivity contribution in [2.24, 2.45) is 5.92 Å². The number of ether oxygens (including phenoxy) is 1. The quantitative estimate of drug-likeness (QED) is 0.877. The third kappa shape index (κ3) is 4.70. The first-order valence-electron chi connectivity index (χ1n) is 7.69. The number of rotatable bonds is 5. The van der Waals surface area contributed by atoms with Crippen LogP contribution in [-0.2, 0) is 6.42 Å². The molecule has 1 N–H and O–H groups in total. The van der Waals surface area contributed by atoms with Crippen LogP contribution < -0.4 is 4.74 Å². The number of nitrogens with zero attached hydrogens (tertiary/aromatic N) is 1. The zero-order chi connectivity index (χ0) is 15.5. The van der Waals surface area contributed by atoms with E-state index in [4.69, 9.17) is 4.74 Å². The van der Waals surface area contributed by atoms with Crippen LogP contribution in [0.25, 0.3) is 0 Å². The van der Waals surface area contributed by atoms with Gasteiger partial charge in [0.1, 0.15) is 5.75 Å². The van der Waals surface area contributed by atoms with Crippen molar-refractivity contribution >= 4 is 15.9 Å². The summed E-state index contributed by atoms with van der Waals surface area (Å²) < 4.78 is 6.20. The number of halogens is 1. The van der Waals surface area contributed by atoms with E-state index in [1.165, 1.54) is 0 Å². The van der Waals surface area contributed by atoms with Gasteiger partial charge in [-0.25, -0.2) is 0 Å². The lowest BCUT2D eigenvalue weighted by atomic mass is 9.85. The van der Waals surface area contributed by atoms with Gasteiger partial charge in [0.25, 0.3) is 0 Å². The Hall–Kier alpha value is -0.580. The van der Waals surface area contributed by atoms with Crippen LogP contribution >= 0.6 is 15.9 Å². The van der Waals surface area contributed by atoms with Crippen LogP contribution in [0.3, 0.4) is 0 Å². The van der Waals surface area contributed by atoms with Gasteiger partial charge in [-0.1, -0.05) is 19.9 Å². The average Bonchev–Trinajstić information content (AvgIpc) is 2.41. The third-order valence-corrected chi connectivity index (χ3v) is 4.78. The summed E-state index contributed by atoms with van der Waals surface area (Å²) in [5, 5.41) is 10.8. The van der Waals surface area contributed by atoms with E-state index in [0.29, 0.717) is 12.3 Å². The first-order chi connectivity index (χ1) is 9.92. The molecule has 3 nitrogen and oxygen atoms in total. The molecule has 0 radical (unpaired) electrons. The highest BCUT2D eigenvalue weighted by molar-refractivity contribution is 9.10. The maximum Gasteiger partial charge on any atom is 0.133 e. The zero-order valence-corrected chi connectivity index (χ0v) is 14.8. The highest BCUT2D eigenvalue weighted by Gasteiger charge is 2.32. The van der Waals surface area contributed by atoms with Gasteiger partial charge < -0.3 is 14.7 Å². The number of methoxy groups -OCH3 is 1. The minimum absolute atomic E-state index is 0.568. The maximum absolute atomic E-state index is 10.8. The van der Waals surface area contributed by atoms with Crippen molar-refractivity contribution in [3.63, 3.8) is 0 Å². The van der Waals surface area contributed by atoms with Gasteiger partial charge in [-0.05, 0) is 52.4 Å². The van der Waals surface area contributed by atoms with Crippen molar-refractivity contribution in [1.82, 2.24) is 4.90 Å². The van der Waals surface area contributed by atoms with E-state index in [2.05, 4.69) is 40.7 Å². The van der Waals surface area contributed by atoms with Gasteiger partial charge in [0.15, 0.2) is 0 Å². The standard InChI is InChI=1S/C17H26BrNO2/c1-13(2)12-19-8-6-17(20,7-9-19)11-14-4-5-16(21-3)15(18)10-14/h4-5,10,13,20H,6-9,11-12H2,1-3H3. The minimum Gasteiger partial charge on any atom is -0.496 e. The van der Waals surface area contributed by atoms with E-state index in [9.17, 15) is 5.11 Å². The number of aliphatic hydroxyl groups is 1. The molecule has 2 rings (SSSR count). The summed E-state index contributed by atoms with van der Waals surface area (Å²) in [5.41, 5.74) is 0.587. The topological polar surface area (TPSA) is 32.7 Å². The normalized spacial score (nSPS) is 19.0. The Bertz CT molecular complexity index is 468. The van der Waals surface area contributed by atoms with Crippen molar-refractivity contribution in [1.29, 1.82) is 0 Å². The van der Waals surface area contributed by atoms with Gasteiger partial charge >= 0.3 is 0 Å². The van der Waals surface area contributed by atoms with Gasteiger partial charge in [-0.2, -0.15) is 0 Å². The fraction of sp³-hybridized carbons (Fsp3) is 0.647. The largest absolute Gasteiger partial charge is 0.496 e. The molecule has 1 aliphatic heterocycles. The number of piperidine rings is 1. The lowest BCUT2D eigenvalue weighted by molar-refractivity contribution is -0.0227. The van der Waals surface area contributed by atoms with Crippen LogP contribution in [0.4, 0.5) is 0 Å². The molecule has 0 spiro atoms. The Balaban J connectivity index is 1.95. The van der Waals surface area contributed by atoms with Crippen LogP contribution in [-0.4, -0.2) is 42.4 Å². The molecule has 0 atom stereocenters. The fourth-order valence-corrected chi connectivity index (χ4v) is 3.63. The van der Waals surface area contributed by atoms with Crippen molar-refractivity contribution in [3.05, 3.63) is 28.2 Å². The van der Waals surface area contributed by atoms with Gasteiger partial charge in [0.2, 0.25) is 0 Å². The van der Waals surface area contributed by atoms with Crippen LogP contribution in [0.5, 0.6) is 5.75 Å². The molecule has 4 heteroatoms. The summed E-state index contributed by atoms with van der Waals surface area (Å²) in [6, 6.07) is 6.05. The molecule has 0 aromatic heterocycles. The average molecular weight is 356 g/mol. The Morgan fingerprint density at radius 1 is 1.33 bits per heavy atom. The lowest BCUT2D eigenvalue weighted by Crippen LogP contribution is -2.46. The molecule has 0 saturated carbocycles. The molecule has 1 fully saturated rings. The Morgan fingerprint density at radius 2 is 2.00 bits per heavy atom. The van der Waals surface area contributed by atoms with Crippen LogP contribution in [0.15, 0.2) is 22.7 Å². The number of hydrogen-bond acceptors (Lipinski definition) is 3. The summed E-state index contributed by atoms with van der Waals surface area (Å²) in [6.45, 7) is 7.60. The fourth-order valence-electron chi connectivity index (χ4n) is 3.04. The molecular weight excluding hydrogens is 330 g/mol. The molecule has 1 aromatic carbocycles. The molecule has 0 aliphatic carbocycles. The van der Waals surface area contributed by atoms with Gasteiger partial charge in [0.05, 0.1) is 17.2 Å². The molecule has 1 aliphatic rings. The van der Waals surface area contributed by atoms with E-state index in [1.807, 2.05) is 12.1 Å². The molecule has 0 unspecified atom stereocenters. The Kier molecular flexibility index (Phi) is 5.69. The summed E-state index contributed by atoms with van der Waals surface area (Å²) in [5.74, 6) is 1.52. The minimum atomic E-state index is -0.568. The van der Waals surface area contributed by atoms with E-state index < -0.39 is 5.60 Å². The van der Waals surface area contributed by atoms with Gasteiger partial charge in [-0.15, -0.1) is 0 Å². The number of benzene rings is 1.